The Morgan fingerprint density at radius 1 is 1.17 bits per heavy atom. The van der Waals surface area contributed by atoms with Gasteiger partial charge < -0.3 is 0 Å². The zero-order valence-electron chi connectivity index (χ0n) is 10.2. The van der Waals surface area contributed by atoms with E-state index in [9.17, 15) is 0 Å². The van der Waals surface area contributed by atoms with Crippen LogP contribution in [-0.4, -0.2) is 4.98 Å². The van der Waals surface area contributed by atoms with Gasteiger partial charge in [0.05, 0.1) is 5.69 Å². The summed E-state index contributed by atoms with van der Waals surface area (Å²) < 4.78 is 15.4. The van der Waals surface area contributed by atoms with Gasteiger partial charge in [-0.1, -0.05) is 36.4 Å². The average Bonchev–Trinajstić information content (AvgIpc) is 2.40. The van der Waals surface area contributed by atoms with E-state index >= 15 is 4.39 Å². The van der Waals surface area contributed by atoms with Crippen molar-refractivity contribution in [3.05, 3.63) is 77.1 Å². The van der Waals surface area contributed by atoms with Crippen LogP contribution in [0.3, 0.4) is 0 Å². The molecular weight excluding hydrogens is 225 g/mol. The first-order chi connectivity index (χ1) is 8.75. The molecule has 0 amide bonds. The summed E-state index contributed by atoms with van der Waals surface area (Å²) in [5.74, 6) is 0. The van der Waals surface area contributed by atoms with E-state index in [2.05, 4.69) is 4.98 Å². The summed E-state index contributed by atoms with van der Waals surface area (Å²) in [6.45, 7) is 1.84. The van der Waals surface area contributed by atoms with Crippen LogP contribution in [0.5, 0.6) is 0 Å². The molecule has 1 nitrogen and oxygen atoms in total. The van der Waals surface area contributed by atoms with E-state index in [4.69, 9.17) is 0 Å². The molecule has 1 heterocycles. The number of benzene rings is 1. The van der Waals surface area contributed by atoms with Gasteiger partial charge in [0.25, 0.3) is 0 Å². The molecule has 3 rings (SSSR count). The predicted molar refractivity (Wildman–Crippen MR) is 70.2 cm³/mol. The van der Waals surface area contributed by atoms with Crippen molar-refractivity contribution in [3.63, 3.8) is 0 Å². The summed E-state index contributed by atoms with van der Waals surface area (Å²) in [7, 11) is 0. The third-order valence-electron chi connectivity index (χ3n) is 3.45. The second-order valence-corrected chi connectivity index (χ2v) is 4.54. The average molecular weight is 239 g/mol. The Morgan fingerprint density at radius 3 is 2.78 bits per heavy atom. The summed E-state index contributed by atoms with van der Waals surface area (Å²) >= 11 is 0. The Morgan fingerprint density at radius 2 is 1.94 bits per heavy atom. The molecule has 0 aliphatic heterocycles. The fourth-order valence-corrected chi connectivity index (χ4v) is 2.67. The minimum Gasteiger partial charge on any atom is -0.261 e. The van der Waals surface area contributed by atoms with E-state index in [0.29, 0.717) is 12.0 Å². The Bertz CT molecular complexity index is 570. The van der Waals surface area contributed by atoms with Gasteiger partial charge in [0.1, 0.15) is 0 Å². The number of alkyl halides is 1. The van der Waals surface area contributed by atoms with E-state index in [1.165, 1.54) is 0 Å². The van der Waals surface area contributed by atoms with Crippen molar-refractivity contribution in [2.75, 3.05) is 0 Å². The molecule has 2 aromatic rings. The van der Waals surface area contributed by atoms with Crippen molar-refractivity contribution in [1.82, 2.24) is 4.98 Å². The van der Waals surface area contributed by atoms with Crippen molar-refractivity contribution in [2.45, 2.75) is 19.0 Å². The van der Waals surface area contributed by atoms with Crippen LogP contribution in [0.25, 0.3) is 0 Å². The fraction of sp³-hybridized carbons (Fsp3) is 0.188. The number of pyridine rings is 1. The van der Waals surface area contributed by atoms with E-state index < -0.39 is 5.67 Å². The number of nitrogens with zero attached hydrogens (tertiary/aromatic N) is 1. The van der Waals surface area contributed by atoms with Crippen LogP contribution in [-0.2, 0) is 12.1 Å². The highest BCUT2D eigenvalue weighted by Crippen LogP contribution is 2.43. The molecule has 2 heteroatoms. The van der Waals surface area contributed by atoms with Gasteiger partial charge in [0.2, 0.25) is 0 Å². The zero-order valence-corrected chi connectivity index (χ0v) is 10.2. The number of rotatable bonds is 1. The molecule has 0 fully saturated rings. The van der Waals surface area contributed by atoms with Crippen LogP contribution in [0.15, 0.2) is 54.7 Å². The maximum atomic E-state index is 15.4. The van der Waals surface area contributed by atoms with E-state index in [-0.39, 0.29) is 0 Å². The van der Waals surface area contributed by atoms with Gasteiger partial charge in [-0.3, -0.25) is 4.98 Å². The highest BCUT2D eigenvalue weighted by Gasteiger charge is 2.38. The molecule has 0 N–H and O–H groups in total. The zero-order chi connectivity index (χ0) is 12.6. The second kappa shape index (κ2) is 4.05. The molecule has 1 aliphatic rings. The lowest BCUT2D eigenvalue weighted by Gasteiger charge is -2.31. The smallest absolute Gasteiger partial charge is 0.181 e. The molecule has 18 heavy (non-hydrogen) atoms. The summed E-state index contributed by atoms with van der Waals surface area (Å²) in [4.78, 5) is 4.32. The molecule has 0 saturated carbocycles. The standard InChI is InChI=1S/C16H14FN/c1-2-9-16(17)13-7-4-3-6-12(13)11-15-14(16)8-5-10-18-15/h2-10H,11H2,1H3/b9-2+. The minimum atomic E-state index is -1.55. The normalized spacial score (nSPS) is 21.7. The second-order valence-electron chi connectivity index (χ2n) is 4.54. The van der Waals surface area contributed by atoms with Gasteiger partial charge in [-0.2, -0.15) is 0 Å². The first-order valence-corrected chi connectivity index (χ1v) is 6.11. The van der Waals surface area contributed by atoms with Crippen LogP contribution in [0.4, 0.5) is 4.39 Å². The number of hydrogen-bond donors (Lipinski definition) is 0. The fourth-order valence-electron chi connectivity index (χ4n) is 2.67. The van der Waals surface area contributed by atoms with Crippen LogP contribution in [0, 0.1) is 0 Å². The van der Waals surface area contributed by atoms with Gasteiger partial charge in [-0.05, 0) is 24.6 Å². The lowest BCUT2D eigenvalue weighted by molar-refractivity contribution is 0.284. The molecular formula is C16H14FN. The molecule has 90 valence electrons. The quantitative estimate of drug-likeness (QED) is 0.690. The number of allylic oxidation sites excluding steroid dienone is 2. The van der Waals surface area contributed by atoms with Crippen LogP contribution < -0.4 is 0 Å². The van der Waals surface area contributed by atoms with Gasteiger partial charge in [0.15, 0.2) is 5.67 Å². The molecule has 1 unspecified atom stereocenters. The molecule has 1 aliphatic carbocycles. The van der Waals surface area contributed by atoms with E-state index in [1.807, 2.05) is 37.3 Å². The SMILES string of the molecule is C/C=C/C1(F)c2ccccc2Cc2ncccc21. The Hall–Kier alpha value is -1.96. The third kappa shape index (κ3) is 1.49. The Balaban J connectivity index is 2.31. The van der Waals surface area contributed by atoms with Crippen molar-refractivity contribution in [2.24, 2.45) is 0 Å². The molecule has 0 spiro atoms. The number of halogens is 1. The first-order valence-electron chi connectivity index (χ1n) is 6.11. The third-order valence-corrected chi connectivity index (χ3v) is 3.45. The Kier molecular flexibility index (Phi) is 2.51. The number of fused-ring (bicyclic) bond motifs is 2. The number of hydrogen-bond acceptors (Lipinski definition) is 1. The lowest BCUT2D eigenvalue weighted by Crippen LogP contribution is -2.27. The summed E-state index contributed by atoms with van der Waals surface area (Å²) in [5, 5.41) is 0. The molecule has 1 aromatic heterocycles. The van der Waals surface area contributed by atoms with Crippen molar-refractivity contribution in [1.29, 1.82) is 0 Å². The van der Waals surface area contributed by atoms with Gasteiger partial charge in [-0.15, -0.1) is 0 Å². The maximum Gasteiger partial charge on any atom is 0.181 e. The highest BCUT2D eigenvalue weighted by molar-refractivity contribution is 5.52. The minimum absolute atomic E-state index is 0.668. The summed E-state index contributed by atoms with van der Waals surface area (Å²) in [6.07, 6.45) is 5.81. The number of aromatic nitrogens is 1. The maximum absolute atomic E-state index is 15.4. The van der Waals surface area contributed by atoms with Crippen LogP contribution >= 0.6 is 0 Å². The first kappa shape index (κ1) is 11.1. The van der Waals surface area contributed by atoms with Crippen molar-refractivity contribution in [3.8, 4) is 0 Å². The molecule has 1 aromatic carbocycles. The van der Waals surface area contributed by atoms with Gasteiger partial charge in [0, 0.05) is 23.7 Å². The molecule has 0 bridgehead atoms. The van der Waals surface area contributed by atoms with Gasteiger partial charge >= 0.3 is 0 Å². The van der Waals surface area contributed by atoms with Crippen molar-refractivity contribution < 1.29 is 4.39 Å². The van der Waals surface area contributed by atoms with Crippen LogP contribution in [0.1, 0.15) is 29.3 Å². The highest BCUT2D eigenvalue weighted by atomic mass is 19.1. The largest absolute Gasteiger partial charge is 0.261 e. The van der Waals surface area contributed by atoms with Crippen LogP contribution in [0.2, 0.25) is 0 Å². The molecule has 0 saturated heterocycles. The summed E-state index contributed by atoms with van der Waals surface area (Å²) in [5.41, 5.74) is 1.71. The lowest BCUT2D eigenvalue weighted by atomic mass is 9.78. The summed E-state index contributed by atoms with van der Waals surface area (Å²) in [6, 6.07) is 11.3. The van der Waals surface area contributed by atoms with E-state index in [1.54, 1.807) is 24.4 Å². The predicted octanol–water partition coefficient (Wildman–Crippen LogP) is 3.78. The topological polar surface area (TPSA) is 12.9 Å². The van der Waals surface area contributed by atoms with E-state index in [0.717, 1.165) is 16.8 Å². The molecule has 1 atom stereocenters. The molecule has 0 radical (unpaired) electrons. The van der Waals surface area contributed by atoms with Gasteiger partial charge in [-0.25, -0.2) is 4.39 Å². The monoisotopic (exact) mass is 239 g/mol. The van der Waals surface area contributed by atoms with Crippen molar-refractivity contribution >= 4 is 0 Å². The Labute approximate surface area is 106 Å².